The van der Waals surface area contributed by atoms with Gasteiger partial charge in [-0.3, -0.25) is 14.6 Å². The summed E-state index contributed by atoms with van der Waals surface area (Å²) in [4.78, 5) is 17.2. The number of likely N-dealkylation sites (tertiary alicyclic amines) is 1. The number of benzene rings is 3. The topological polar surface area (TPSA) is 79.0 Å². The van der Waals surface area contributed by atoms with Crippen molar-refractivity contribution >= 4 is 38.9 Å². The van der Waals surface area contributed by atoms with Crippen LogP contribution in [0.4, 0.5) is 0 Å². The van der Waals surface area contributed by atoms with Crippen LogP contribution < -0.4 is 5.32 Å². The third-order valence-electron chi connectivity index (χ3n) is 7.49. The maximum atomic E-state index is 13.1. The van der Waals surface area contributed by atoms with E-state index in [1.165, 1.54) is 5.41 Å². The zero-order chi connectivity index (χ0) is 29.5. The Kier molecular flexibility index (Phi) is 10.4. The summed E-state index contributed by atoms with van der Waals surface area (Å²) < 4.78 is 31.6. The van der Waals surface area contributed by atoms with E-state index in [0.29, 0.717) is 40.8 Å². The van der Waals surface area contributed by atoms with Crippen LogP contribution in [0, 0.1) is 0 Å². The Morgan fingerprint density at radius 1 is 0.929 bits per heavy atom. The van der Waals surface area contributed by atoms with Crippen molar-refractivity contribution in [2.45, 2.75) is 18.2 Å². The lowest BCUT2D eigenvalue weighted by Gasteiger charge is -2.41. The molecule has 0 atom stereocenters. The van der Waals surface area contributed by atoms with Crippen LogP contribution in [0.3, 0.4) is 0 Å². The van der Waals surface area contributed by atoms with Gasteiger partial charge in [-0.05, 0) is 71.6 Å². The van der Waals surface area contributed by atoms with Crippen LogP contribution >= 0.6 is 23.2 Å². The summed E-state index contributed by atoms with van der Waals surface area (Å²) in [5, 5.41) is 5.66. The molecule has 2 saturated heterocycles. The number of halogens is 2. The minimum atomic E-state index is -3.53. The summed E-state index contributed by atoms with van der Waals surface area (Å²) in [6, 6.07) is 22.2. The number of nitrogens with zero attached hydrogens (tertiary/aromatic N) is 2. The molecule has 2 fully saturated rings. The zero-order valence-electron chi connectivity index (χ0n) is 23.3. The second-order valence-corrected chi connectivity index (χ2v) is 13.5. The summed E-state index contributed by atoms with van der Waals surface area (Å²) in [5.41, 5.74) is 4.03. The van der Waals surface area contributed by atoms with Crippen LogP contribution in [0.1, 0.15) is 39.5 Å². The van der Waals surface area contributed by atoms with Crippen molar-refractivity contribution in [1.82, 2.24) is 15.1 Å². The number of carbonyl (C=O) groups is 1. The lowest BCUT2D eigenvalue weighted by Crippen LogP contribution is -2.43. The van der Waals surface area contributed by atoms with E-state index in [0.717, 1.165) is 56.0 Å². The fraction of sp³-hybridized carbons (Fsp3) is 0.344. The summed E-state index contributed by atoms with van der Waals surface area (Å²) in [5.74, 6) is -0.355. The molecule has 2 aliphatic rings. The molecule has 1 N–H and O–H groups in total. The van der Waals surface area contributed by atoms with E-state index in [-0.39, 0.29) is 17.7 Å². The molecule has 0 radical (unpaired) electrons. The van der Waals surface area contributed by atoms with Crippen molar-refractivity contribution in [2.75, 3.05) is 52.5 Å². The van der Waals surface area contributed by atoms with E-state index in [4.69, 9.17) is 27.9 Å². The Balaban J connectivity index is 1.18. The third-order valence-corrected chi connectivity index (χ3v) is 9.42. The molecule has 0 aromatic heterocycles. The van der Waals surface area contributed by atoms with E-state index >= 15 is 0 Å². The van der Waals surface area contributed by atoms with E-state index in [9.17, 15) is 13.2 Å². The lowest BCUT2D eigenvalue weighted by atomic mass is 9.93. The maximum Gasteiger partial charge on any atom is 0.251 e. The van der Waals surface area contributed by atoms with E-state index in [2.05, 4.69) is 15.1 Å². The molecule has 0 aliphatic carbocycles. The number of ether oxygens (including phenoxy) is 1. The molecular formula is C32H35Cl2N3O4S. The molecule has 0 bridgehead atoms. The van der Waals surface area contributed by atoms with Crippen molar-refractivity contribution in [2.24, 2.45) is 0 Å². The van der Waals surface area contributed by atoms with Crippen LogP contribution in [0.2, 0.25) is 10.0 Å². The van der Waals surface area contributed by atoms with Crippen molar-refractivity contribution in [1.29, 1.82) is 0 Å². The first-order valence-corrected chi connectivity index (χ1v) is 16.6. The number of sulfone groups is 1. The van der Waals surface area contributed by atoms with Gasteiger partial charge in [0.15, 0.2) is 9.84 Å². The lowest BCUT2D eigenvalue weighted by molar-refractivity contribution is 0.0374. The first-order valence-electron chi connectivity index (χ1n) is 14.1. The van der Waals surface area contributed by atoms with Gasteiger partial charge < -0.3 is 10.1 Å². The SMILES string of the molecule is O=C(NCCCN1CCOCC1)c1cccc(CS(=O)(=O)C=C2CN(C(c3ccc(Cl)cc3)c3ccc(Cl)cc3)C2)c1. The smallest absolute Gasteiger partial charge is 0.251 e. The molecular weight excluding hydrogens is 593 g/mol. The van der Waals surface area contributed by atoms with Gasteiger partial charge in [-0.1, -0.05) is 59.6 Å². The molecule has 0 saturated carbocycles. The minimum absolute atomic E-state index is 0.0524. The van der Waals surface area contributed by atoms with Crippen LogP contribution in [0.5, 0.6) is 0 Å². The van der Waals surface area contributed by atoms with Crippen molar-refractivity contribution < 1.29 is 17.9 Å². The Hall–Kier alpha value is -2.72. The zero-order valence-corrected chi connectivity index (χ0v) is 25.7. The van der Waals surface area contributed by atoms with Crippen LogP contribution in [-0.4, -0.2) is 76.6 Å². The van der Waals surface area contributed by atoms with E-state index in [1.807, 2.05) is 48.5 Å². The number of carbonyl (C=O) groups excluding carboxylic acids is 1. The Labute approximate surface area is 258 Å². The molecule has 5 rings (SSSR count). The fourth-order valence-corrected chi connectivity index (χ4v) is 7.03. The van der Waals surface area contributed by atoms with Gasteiger partial charge in [0, 0.05) is 53.7 Å². The van der Waals surface area contributed by atoms with E-state index in [1.54, 1.807) is 24.3 Å². The van der Waals surface area contributed by atoms with Crippen LogP contribution in [-0.2, 0) is 20.3 Å². The van der Waals surface area contributed by atoms with Crippen LogP contribution in [0.15, 0.2) is 83.8 Å². The third kappa shape index (κ3) is 8.43. The van der Waals surface area contributed by atoms with Gasteiger partial charge in [0.1, 0.15) is 0 Å². The largest absolute Gasteiger partial charge is 0.379 e. The van der Waals surface area contributed by atoms with Gasteiger partial charge in [-0.25, -0.2) is 8.42 Å². The minimum Gasteiger partial charge on any atom is -0.379 e. The van der Waals surface area contributed by atoms with Crippen molar-refractivity contribution in [3.05, 3.63) is 116 Å². The molecule has 10 heteroatoms. The Morgan fingerprint density at radius 3 is 2.17 bits per heavy atom. The monoisotopic (exact) mass is 627 g/mol. The quantitative estimate of drug-likeness (QED) is 0.289. The summed E-state index contributed by atoms with van der Waals surface area (Å²) in [7, 11) is -3.53. The highest BCUT2D eigenvalue weighted by Gasteiger charge is 2.31. The number of hydrogen-bond donors (Lipinski definition) is 1. The molecule has 0 spiro atoms. The summed E-state index contributed by atoms with van der Waals surface area (Å²) in [6.07, 6.45) is 0.849. The second kappa shape index (κ2) is 14.2. The first kappa shape index (κ1) is 30.7. The predicted octanol–water partition coefficient (Wildman–Crippen LogP) is 5.35. The summed E-state index contributed by atoms with van der Waals surface area (Å²) in [6.45, 7) is 5.88. The predicted molar refractivity (Wildman–Crippen MR) is 168 cm³/mol. The number of nitrogens with one attached hydrogen (secondary N) is 1. The molecule has 3 aromatic carbocycles. The maximum absolute atomic E-state index is 13.1. The molecule has 3 aromatic rings. The average molecular weight is 629 g/mol. The Morgan fingerprint density at radius 2 is 1.55 bits per heavy atom. The highest BCUT2D eigenvalue weighted by Crippen LogP contribution is 2.35. The summed E-state index contributed by atoms with van der Waals surface area (Å²) >= 11 is 12.2. The standard InChI is InChI=1S/C32H35Cl2N3O4S/c33-29-9-5-26(6-10-29)31(27-7-11-30(34)12-8-27)37-20-25(21-37)23-42(39,40)22-24-3-1-4-28(19-24)32(38)35-13-2-14-36-15-17-41-18-16-36/h1,3-12,19,23,31H,2,13-18,20-22H2,(H,35,38). The van der Waals surface area contributed by atoms with E-state index < -0.39 is 9.84 Å². The van der Waals surface area contributed by atoms with Crippen molar-refractivity contribution in [3.8, 4) is 0 Å². The molecule has 222 valence electrons. The second-order valence-electron chi connectivity index (χ2n) is 10.8. The molecule has 42 heavy (non-hydrogen) atoms. The van der Waals surface area contributed by atoms with Gasteiger partial charge >= 0.3 is 0 Å². The van der Waals surface area contributed by atoms with Gasteiger partial charge in [0.25, 0.3) is 5.91 Å². The van der Waals surface area contributed by atoms with Gasteiger partial charge in [-0.2, -0.15) is 0 Å². The Bertz CT molecular complexity index is 1450. The molecule has 1 amide bonds. The van der Waals surface area contributed by atoms with Gasteiger partial charge in [-0.15, -0.1) is 0 Å². The van der Waals surface area contributed by atoms with Gasteiger partial charge in [0.2, 0.25) is 0 Å². The number of rotatable bonds is 11. The van der Waals surface area contributed by atoms with Gasteiger partial charge in [0.05, 0.1) is 25.0 Å². The van der Waals surface area contributed by atoms with Crippen molar-refractivity contribution in [3.63, 3.8) is 0 Å². The normalized spacial score (nSPS) is 16.3. The highest BCUT2D eigenvalue weighted by atomic mass is 35.5. The van der Waals surface area contributed by atoms with Crippen LogP contribution in [0.25, 0.3) is 0 Å². The fourth-order valence-electron chi connectivity index (χ4n) is 5.40. The first-order chi connectivity index (χ1) is 20.3. The molecule has 0 unspecified atom stereocenters. The average Bonchev–Trinajstić information content (AvgIpc) is 2.96. The molecule has 2 aliphatic heterocycles. The number of amides is 1. The number of morpholine rings is 1. The number of hydrogen-bond acceptors (Lipinski definition) is 6. The molecule has 2 heterocycles. The molecule has 7 nitrogen and oxygen atoms in total. The highest BCUT2D eigenvalue weighted by molar-refractivity contribution is 7.93.